The molecule has 1 N–H and O–H groups in total. The van der Waals surface area contributed by atoms with Crippen molar-refractivity contribution in [3.8, 4) is 0 Å². The summed E-state index contributed by atoms with van der Waals surface area (Å²) in [6.07, 6.45) is -0.365. The first-order valence-corrected chi connectivity index (χ1v) is 7.07. The monoisotopic (exact) mass is 267 g/mol. The molecule has 3 nitrogen and oxygen atoms in total. The van der Waals surface area contributed by atoms with E-state index in [2.05, 4.69) is 17.4 Å². The van der Waals surface area contributed by atoms with Crippen LogP contribution in [0.5, 0.6) is 0 Å². The molecule has 0 fully saturated rings. The Hall–Kier alpha value is -1.16. The fraction of sp³-hybridized carbons (Fsp3) is 0.500. The second-order valence-corrected chi connectivity index (χ2v) is 6.41. The fourth-order valence-corrected chi connectivity index (χ4v) is 2.13. The van der Waals surface area contributed by atoms with E-state index in [0.717, 1.165) is 5.75 Å². The molecule has 0 bridgehead atoms. The van der Waals surface area contributed by atoms with E-state index >= 15 is 0 Å². The average Bonchev–Trinajstić information content (AvgIpc) is 2.25. The van der Waals surface area contributed by atoms with Crippen LogP contribution in [0.3, 0.4) is 0 Å². The van der Waals surface area contributed by atoms with Crippen molar-refractivity contribution in [1.82, 2.24) is 5.32 Å². The number of hydrogen-bond donors (Lipinski definition) is 1. The summed E-state index contributed by atoms with van der Waals surface area (Å²) in [5.41, 5.74) is 0.800. The van der Waals surface area contributed by atoms with E-state index < -0.39 is 5.60 Å². The summed E-state index contributed by atoms with van der Waals surface area (Å²) in [7, 11) is 0. The predicted molar refractivity (Wildman–Crippen MR) is 76.6 cm³/mol. The van der Waals surface area contributed by atoms with Crippen LogP contribution in [0.4, 0.5) is 4.79 Å². The van der Waals surface area contributed by atoms with Crippen LogP contribution in [0.2, 0.25) is 0 Å². The first-order chi connectivity index (χ1) is 8.37. The maximum absolute atomic E-state index is 11.5. The van der Waals surface area contributed by atoms with E-state index in [-0.39, 0.29) is 11.5 Å². The Morgan fingerprint density at radius 3 is 2.50 bits per heavy atom. The van der Waals surface area contributed by atoms with Crippen LogP contribution in [0.25, 0.3) is 0 Å². The maximum Gasteiger partial charge on any atom is 0.408 e. The molecule has 1 aromatic rings. The minimum atomic E-state index is -0.450. The van der Waals surface area contributed by atoms with E-state index in [9.17, 15) is 4.79 Å². The number of hydrogen-bond acceptors (Lipinski definition) is 3. The van der Waals surface area contributed by atoms with Crippen LogP contribution in [0.15, 0.2) is 30.3 Å². The van der Waals surface area contributed by atoms with E-state index in [0.29, 0.717) is 0 Å². The Morgan fingerprint density at radius 2 is 1.94 bits per heavy atom. The van der Waals surface area contributed by atoms with Gasteiger partial charge in [-0.1, -0.05) is 30.3 Å². The van der Waals surface area contributed by atoms with Crippen molar-refractivity contribution in [3.05, 3.63) is 35.9 Å². The van der Waals surface area contributed by atoms with Crippen LogP contribution in [0.1, 0.15) is 33.3 Å². The number of nitrogens with one attached hydrogen (secondary N) is 1. The van der Waals surface area contributed by atoms with Gasteiger partial charge in [0.2, 0.25) is 0 Å². The third-order valence-corrected chi connectivity index (χ3v) is 3.18. The number of alkyl carbamates (subject to hydrolysis) is 1. The van der Waals surface area contributed by atoms with Crippen molar-refractivity contribution in [1.29, 1.82) is 0 Å². The molecule has 1 unspecified atom stereocenters. The highest BCUT2D eigenvalue weighted by Crippen LogP contribution is 2.16. The number of thioether (sulfide) groups is 1. The molecule has 100 valence electrons. The van der Waals surface area contributed by atoms with Crippen molar-refractivity contribution in [2.24, 2.45) is 0 Å². The van der Waals surface area contributed by atoms with Gasteiger partial charge in [-0.05, 0) is 33.3 Å². The van der Waals surface area contributed by atoms with Gasteiger partial charge in [0.05, 0.1) is 5.37 Å². The largest absolute Gasteiger partial charge is 0.444 e. The minimum absolute atomic E-state index is 0.0278. The molecular formula is C14H21NO2S. The van der Waals surface area contributed by atoms with Gasteiger partial charge in [0, 0.05) is 5.75 Å². The molecule has 0 aliphatic rings. The zero-order valence-electron chi connectivity index (χ0n) is 11.4. The third kappa shape index (κ3) is 6.55. The zero-order valence-corrected chi connectivity index (χ0v) is 12.2. The summed E-state index contributed by atoms with van der Waals surface area (Å²) < 4.78 is 5.20. The zero-order chi connectivity index (χ0) is 13.6. The van der Waals surface area contributed by atoms with Gasteiger partial charge in [-0.25, -0.2) is 4.79 Å². The van der Waals surface area contributed by atoms with Crippen molar-refractivity contribution in [2.75, 3.05) is 0 Å². The SMILES string of the molecule is CC(NC(=O)OC(C)(C)C)SCc1ccccc1. The number of benzene rings is 1. The molecule has 0 saturated carbocycles. The molecule has 0 spiro atoms. The summed E-state index contributed by atoms with van der Waals surface area (Å²) in [6.45, 7) is 7.52. The predicted octanol–water partition coefficient (Wildman–Crippen LogP) is 3.79. The lowest BCUT2D eigenvalue weighted by molar-refractivity contribution is 0.0525. The lowest BCUT2D eigenvalue weighted by Crippen LogP contribution is -2.36. The first-order valence-electron chi connectivity index (χ1n) is 6.02. The average molecular weight is 267 g/mol. The Balaban J connectivity index is 2.29. The molecule has 1 atom stereocenters. The normalized spacial score (nSPS) is 12.9. The van der Waals surface area contributed by atoms with E-state index in [1.165, 1.54) is 5.56 Å². The van der Waals surface area contributed by atoms with Crippen LogP contribution >= 0.6 is 11.8 Å². The molecule has 0 aromatic heterocycles. The minimum Gasteiger partial charge on any atom is -0.444 e. The van der Waals surface area contributed by atoms with Crippen molar-refractivity contribution in [2.45, 2.75) is 44.4 Å². The molecule has 0 radical (unpaired) electrons. The van der Waals surface area contributed by atoms with Crippen LogP contribution in [-0.2, 0) is 10.5 Å². The molecule has 0 saturated heterocycles. The smallest absolute Gasteiger partial charge is 0.408 e. The van der Waals surface area contributed by atoms with Crippen molar-refractivity contribution >= 4 is 17.9 Å². The van der Waals surface area contributed by atoms with E-state index in [4.69, 9.17) is 4.74 Å². The van der Waals surface area contributed by atoms with Gasteiger partial charge < -0.3 is 10.1 Å². The summed E-state index contributed by atoms with van der Waals surface area (Å²) >= 11 is 1.67. The Labute approximate surface area is 113 Å². The molecule has 18 heavy (non-hydrogen) atoms. The topological polar surface area (TPSA) is 38.3 Å². The summed E-state index contributed by atoms with van der Waals surface area (Å²) in [4.78, 5) is 11.5. The summed E-state index contributed by atoms with van der Waals surface area (Å²) in [5.74, 6) is 0.873. The second kappa shape index (κ2) is 6.69. The van der Waals surface area contributed by atoms with E-state index in [1.807, 2.05) is 45.9 Å². The van der Waals surface area contributed by atoms with Gasteiger partial charge in [0.25, 0.3) is 0 Å². The highest BCUT2D eigenvalue weighted by molar-refractivity contribution is 7.99. The molecule has 0 heterocycles. The molecule has 1 rings (SSSR count). The maximum atomic E-state index is 11.5. The summed E-state index contributed by atoms with van der Waals surface area (Å²) in [6, 6.07) is 10.2. The Kier molecular flexibility index (Phi) is 5.54. The standard InChI is InChI=1S/C14H21NO2S/c1-11(15-13(16)17-14(2,3)4)18-10-12-8-6-5-7-9-12/h5-9,11H,10H2,1-4H3,(H,15,16). The van der Waals surface area contributed by atoms with Gasteiger partial charge >= 0.3 is 6.09 Å². The molecule has 1 aromatic carbocycles. The van der Waals surface area contributed by atoms with Gasteiger partial charge in [-0.3, -0.25) is 0 Å². The Bertz CT molecular complexity index is 373. The van der Waals surface area contributed by atoms with Gasteiger partial charge in [-0.15, -0.1) is 11.8 Å². The van der Waals surface area contributed by atoms with E-state index in [1.54, 1.807) is 11.8 Å². The van der Waals surface area contributed by atoms with Crippen LogP contribution in [0, 0.1) is 0 Å². The third-order valence-electron chi connectivity index (χ3n) is 2.06. The van der Waals surface area contributed by atoms with Gasteiger partial charge in [-0.2, -0.15) is 0 Å². The molecule has 1 amide bonds. The van der Waals surface area contributed by atoms with Crippen molar-refractivity contribution in [3.63, 3.8) is 0 Å². The highest BCUT2D eigenvalue weighted by atomic mass is 32.2. The Morgan fingerprint density at radius 1 is 1.33 bits per heavy atom. The lowest BCUT2D eigenvalue weighted by atomic mass is 10.2. The highest BCUT2D eigenvalue weighted by Gasteiger charge is 2.17. The fourth-order valence-electron chi connectivity index (χ4n) is 1.31. The number of carbonyl (C=O) groups excluding carboxylic acids is 1. The number of amides is 1. The lowest BCUT2D eigenvalue weighted by Gasteiger charge is -2.21. The first kappa shape index (κ1) is 14.9. The number of ether oxygens (including phenoxy) is 1. The molecule has 4 heteroatoms. The van der Waals surface area contributed by atoms with Crippen molar-refractivity contribution < 1.29 is 9.53 Å². The molecule has 0 aliphatic heterocycles. The second-order valence-electron chi connectivity index (χ2n) is 5.09. The number of rotatable bonds is 4. The molecule has 0 aliphatic carbocycles. The van der Waals surface area contributed by atoms with Gasteiger partial charge in [0.15, 0.2) is 0 Å². The van der Waals surface area contributed by atoms with Gasteiger partial charge in [0.1, 0.15) is 5.60 Å². The number of carbonyl (C=O) groups is 1. The van der Waals surface area contributed by atoms with Crippen LogP contribution in [-0.4, -0.2) is 17.1 Å². The quantitative estimate of drug-likeness (QED) is 0.843. The van der Waals surface area contributed by atoms with Crippen LogP contribution < -0.4 is 5.32 Å². The summed E-state index contributed by atoms with van der Waals surface area (Å²) in [5, 5.41) is 2.84. The molecular weight excluding hydrogens is 246 g/mol.